The maximum absolute atomic E-state index is 10.5. The van der Waals surface area contributed by atoms with Crippen LogP contribution in [0.4, 0.5) is 0 Å². The Labute approximate surface area is 81.3 Å². The molecule has 2 nitrogen and oxygen atoms in total. The van der Waals surface area contributed by atoms with Crippen LogP contribution < -0.4 is 0 Å². The summed E-state index contributed by atoms with van der Waals surface area (Å²) in [6.07, 6.45) is 1.96. The Bertz CT molecular complexity index is 189. The van der Waals surface area contributed by atoms with Gasteiger partial charge in [0.05, 0.1) is 11.2 Å². The lowest BCUT2D eigenvalue weighted by Crippen LogP contribution is -2.53. The number of aliphatic hydroxyl groups is 1. The van der Waals surface area contributed by atoms with Crippen molar-refractivity contribution < 1.29 is 9.84 Å². The van der Waals surface area contributed by atoms with E-state index in [1.165, 1.54) is 0 Å². The van der Waals surface area contributed by atoms with Crippen molar-refractivity contribution in [3.63, 3.8) is 0 Å². The van der Waals surface area contributed by atoms with Gasteiger partial charge in [0.1, 0.15) is 0 Å². The predicted molar refractivity (Wildman–Crippen MR) is 53.6 cm³/mol. The standard InChI is InChI=1S/C11H22O2/c1-8-6-7-11(12,9(8)2)10(3,4)13-5/h8-9,12H,6-7H2,1-5H3. The zero-order chi connectivity index (χ0) is 10.3. The molecule has 0 amide bonds. The van der Waals surface area contributed by atoms with Crippen LogP contribution >= 0.6 is 0 Å². The molecule has 0 spiro atoms. The molecule has 2 heteroatoms. The summed E-state index contributed by atoms with van der Waals surface area (Å²) >= 11 is 0. The topological polar surface area (TPSA) is 29.5 Å². The number of ether oxygens (including phenoxy) is 1. The van der Waals surface area contributed by atoms with E-state index >= 15 is 0 Å². The fourth-order valence-corrected chi connectivity index (χ4v) is 2.42. The molecule has 78 valence electrons. The van der Waals surface area contributed by atoms with Gasteiger partial charge in [0.2, 0.25) is 0 Å². The van der Waals surface area contributed by atoms with Crippen molar-refractivity contribution in [1.29, 1.82) is 0 Å². The van der Waals surface area contributed by atoms with Gasteiger partial charge in [-0.15, -0.1) is 0 Å². The zero-order valence-electron chi connectivity index (χ0n) is 9.42. The summed E-state index contributed by atoms with van der Waals surface area (Å²) in [7, 11) is 1.67. The molecular formula is C11H22O2. The molecule has 1 N–H and O–H groups in total. The summed E-state index contributed by atoms with van der Waals surface area (Å²) in [5, 5.41) is 10.5. The lowest BCUT2D eigenvalue weighted by atomic mass is 9.76. The van der Waals surface area contributed by atoms with Crippen molar-refractivity contribution in [2.75, 3.05) is 7.11 Å². The van der Waals surface area contributed by atoms with E-state index in [4.69, 9.17) is 4.74 Å². The minimum absolute atomic E-state index is 0.322. The molecule has 3 unspecified atom stereocenters. The molecule has 0 aromatic rings. The second kappa shape index (κ2) is 3.25. The van der Waals surface area contributed by atoms with Crippen molar-refractivity contribution in [2.24, 2.45) is 11.8 Å². The first-order valence-corrected chi connectivity index (χ1v) is 5.12. The van der Waals surface area contributed by atoms with Gasteiger partial charge in [-0.2, -0.15) is 0 Å². The van der Waals surface area contributed by atoms with Gasteiger partial charge in [-0.1, -0.05) is 13.8 Å². The summed E-state index contributed by atoms with van der Waals surface area (Å²) in [6.45, 7) is 8.27. The fraction of sp³-hybridized carbons (Fsp3) is 1.00. The summed E-state index contributed by atoms with van der Waals surface area (Å²) in [5.74, 6) is 0.918. The van der Waals surface area contributed by atoms with Crippen LogP contribution in [0.25, 0.3) is 0 Å². The Morgan fingerprint density at radius 3 is 2.23 bits per heavy atom. The number of hydrogen-bond donors (Lipinski definition) is 1. The van der Waals surface area contributed by atoms with E-state index < -0.39 is 11.2 Å². The summed E-state index contributed by atoms with van der Waals surface area (Å²) in [4.78, 5) is 0. The third-order valence-corrected chi connectivity index (χ3v) is 4.14. The molecule has 0 radical (unpaired) electrons. The molecule has 1 saturated carbocycles. The highest BCUT2D eigenvalue weighted by Crippen LogP contribution is 2.46. The van der Waals surface area contributed by atoms with Gasteiger partial charge in [-0.25, -0.2) is 0 Å². The molecule has 0 heterocycles. The largest absolute Gasteiger partial charge is 0.387 e. The first-order valence-electron chi connectivity index (χ1n) is 5.12. The molecule has 1 aliphatic carbocycles. The van der Waals surface area contributed by atoms with Crippen molar-refractivity contribution in [3.05, 3.63) is 0 Å². The van der Waals surface area contributed by atoms with Crippen LogP contribution in [0, 0.1) is 11.8 Å². The van der Waals surface area contributed by atoms with E-state index in [1.807, 2.05) is 13.8 Å². The Hall–Kier alpha value is -0.0800. The average molecular weight is 186 g/mol. The van der Waals surface area contributed by atoms with E-state index in [0.717, 1.165) is 12.8 Å². The summed E-state index contributed by atoms with van der Waals surface area (Å²) < 4.78 is 5.39. The van der Waals surface area contributed by atoms with Gasteiger partial charge in [0, 0.05) is 7.11 Å². The highest BCUT2D eigenvalue weighted by Gasteiger charge is 2.52. The highest BCUT2D eigenvalue weighted by molar-refractivity contribution is 5.04. The zero-order valence-corrected chi connectivity index (χ0v) is 9.42. The van der Waals surface area contributed by atoms with Crippen LogP contribution in [-0.2, 0) is 4.74 Å². The lowest BCUT2D eigenvalue weighted by Gasteiger charge is -2.42. The van der Waals surface area contributed by atoms with Gasteiger partial charge in [-0.3, -0.25) is 0 Å². The maximum atomic E-state index is 10.5. The fourth-order valence-electron chi connectivity index (χ4n) is 2.42. The van der Waals surface area contributed by atoms with E-state index in [2.05, 4.69) is 13.8 Å². The number of methoxy groups -OCH3 is 1. The van der Waals surface area contributed by atoms with Gasteiger partial charge < -0.3 is 9.84 Å². The molecule has 0 aromatic heterocycles. The van der Waals surface area contributed by atoms with Crippen molar-refractivity contribution in [2.45, 2.75) is 51.7 Å². The van der Waals surface area contributed by atoms with Gasteiger partial charge in [-0.05, 0) is 38.5 Å². The molecule has 0 saturated heterocycles. The molecule has 13 heavy (non-hydrogen) atoms. The first-order chi connectivity index (χ1) is 5.85. The van der Waals surface area contributed by atoms with Crippen LogP contribution in [0.1, 0.15) is 40.5 Å². The Kier molecular flexibility index (Phi) is 2.75. The van der Waals surface area contributed by atoms with Crippen molar-refractivity contribution >= 4 is 0 Å². The smallest absolute Gasteiger partial charge is 0.0958 e. The minimum atomic E-state index is -0.652. The maximum Gasteiger partial charge on any atom is 0.0958 e. The van der Waals surface area contributed by atoms with Crippen molar-refractivity contribution in [1.82, 2.24) is 0 Å². The molecule has 1 aliphatic rings. The van der Waals surface area contributed by atoms with E-state index in [9.17, 15) is 5.11 Å². The molecule has 0 aromatic carbocycles. The molecular weight excluding hydrogens is 164 g/mol. The monoisotopic (exact) mass is 186 g/mol. The number of rotatable bonds is 2. The molecule has 0 bridgehead atoms. The van der Waals surface area contributed by atoms with E-state index in [1.54, 1.807) is 7.11 Å². The predicted octanol–water partition coefficient (Wildman–Crippen LogP) is 2.21. The SMILES string of the molecule is COC(C)(C)C1(O)CCC(C)C1C. The van der Waals surface area contributed by atoms with Crippen LogP contribution in [0.5, 0.6) is 0 Å². The molecule has 1 fully saturated rings. The first kappa shape index (κ1) is 11.0. The van der Waals surface area contributed by atoms with E-state index in [-0.39, 0.29) is 0 Å². The van der Waals surface area contributed by atoms with Gasteiger partial charge in [0.25, 0.3) is 0 Å². The molecule has 1 rings (SSSR count). The summed E-state index contributed by atoms with van der Waals surface area (Å²) in [6, 6.07) is 0. The average Bonchev–Trinajstić information content (AvgIpc) is 2.35. The second-order valence-corrected chi connectivity index (χ2v) is 4.94. The third-order valence-electron chi connectivity index (χ3n) is 4.14. The van der Waals surface area contributed by atoms with Crippen LogP contribution in [0.3, 0.4) is 0 Å². The Morgan fingerprint density at radius 1 is 1.38 bits per heavy atom. The van der Waals surface area contributed by atoms with Crippen LogP contribution in [0.15, 0.2) is 0 Å². The lowest BCUT2D eigenvalue weighted by molar-refractivity contribution is -0.168. The van der Waals surface area contributed by atoms with Crippen molar-refractivity contribution in [3.8, 4) is 0 Å². The normalized spacial score (nSPS) is 41.1. The highest BCUT2D eigenvalue weighted by atomic mass is 16.5. The minimum Gasteiger partial charge on any atom is -0.387 e. The Morgan fingerprint density at radius 2 is 1.92 bits per heavy atom. The third kappa shape index (κ3) is 1.50. The summed E-state index contributed by atoms with van der Waals surface area (Å²) in [5.41, 5.74) is -1.08. The van der Waals surface area contributed by atoms with Crippen LogP contribution in [-0.4, -0.2) is 23.4 Å². The number of hydrogen-bond acceptors (Lipinski definition) is 2. The quantitative estimate of drug-likeness (QED) is 0.716. The second-order valence-electron chi connectivity index (χ2n) is 4.94. The Balaban J connectivity index is 2.88. The van der Waals surface area contributed by atoms with E-state index in [0.29, 0.717) is 11.8 Å². The molecule has 3 atom stereocenters. The van der Waals surface area contributed by atoms with Gasteiger partial charge >= 0.3 is 0 Å². The van der Waals surface area contributed by atoms with Crippen LogP contribution in [0.2, 0.25) is 0 Å². The van der Waals surface area contributed by atoms with Gasteiger partial charge in [0.15, 0.2) is 0 Å². The molecule has 0 aliphatic heterocycles.